The first kappa shape index (κ1) is 17.9. The highest BCUT2D eigenvalue weighted by molar-refractivity contribution is 7.91. The third-order valence-electron chi connectivity index (χ3n) is 3.40. The highest BCUT2D eigenvalue weighted by atomic mass is 32.2. The topological polar surface area (TPSA) is 103 Å². The number of rotatable bonds is 4. The second-order valence-electron chi connectivity index (χ2n) is 6.82. The third-order valence-corrected chi connectivity index (χ3v) is 4.78. The van der Waals surface area contributed by atoms with Crippen LogP contribution in [0.25, 0.3) is 0 Å². The van der Waals surface area contributed by atoms with E-state index in [-0.39, 0.29) is 17.3 Å². The number of nitrogens with zero attached hydrogens (tertiary/aromatic N) is 3. The zero-order chi connectivity index (χ0) is 17.3. The lowest BCUT2D eigenvalue weighted by atomic mass is 9.97. The Morgan fingerprint density at radius 1 is 1.39 bits per heavy atom. The fourth-order valence-corrected chi connectivity index (χ4v) is 3.36. The molecule has 0 aliphatic carbocycles. The lowest BCUT2D eigenvalue weighted by Gasteiger charge is -2.31. The van der Waals surface area contributed by atoms with E-state index in [0.29, 0.717) is 25.6 Å². The summed E-state index contributed by atoms with van der Waals surface area (Å²) in [5, 5.41) is 3.69. The third kappa shape index (κ3) is 5.00. The van der Waals surface area contributed by atoms with E-state index in [4.69, 9.17) is 9.26 Å². The molecule has 1 atom stereocenters. The van der Waals surface area contributed by atoms with E-state index < -0.39 is 27.3 Å². The smallest absolute Gasteiger partial charge is 0.237 e. The van der Waals surface area contributed by atoms with Gasteiger partial charge in [0.05, 0.1) is 12.7 Å². The summed E-state index contributed by atoms with van der Waals surface area (Å²) in [4.78, 5) is 17.8. The van der Waals surface area contributed by atoms with Crippen LogP contribution in [-0.4, -0.2) is 60.9 Å². The molecule has 1 aliphatic heterocycles. The van der Waals surface area contributed by atoms with Crippen LogP contribution in [0, 0.1) is 0 Å². The summed E-state index contributed by atoms with van der Waals surface area (Å²) in [5.41, 5.74) is -0.352. The molecule has 2 rings (SSSR count). The lowest BCUT2D eigenvalue weighted by molar-refractivity contribution is -0.135. The van der Waals surface area contributed by atoms with Gasteiger partial charge in [-0.15, -0.1) is 0 Å². The molecule has 2 heterocycles. The van der Waals surface area contributed by atoms with Crippen LogP contribution in [0.15, 0.2) is 4.52 Å². The van der Waals surface area contributed by atoms with E-state index in [0.717, 1.165) is 0 Å². The highest BCUT2D eigenvalue weighted by Gasteiger charge is 2.28. The minimum absolute atomic E-state index is 0.0815. The van der Waals surface area contributed by atoms with Crippen molar-refractivity contribution in [2.24, 2.45) is 0 Å². The van der Waals surface area contributed by atoms with Gasteiger partial charge in [-0.1, -0.05) is 25.9 Å². The van der Waals surface area contributed by atoms with E-state index in [1.54, 1.807) is 0 Å². The van der Waals surface area contributed by atoms with Crippen LogP contribution in [0.1, 0.15) is 39.4 Å². The molecule has 130 valence electrons. The number of sulfone groups is 1. The Morgan fingerprint density at radius 2 is 2.09 bits per heavy atom. The first-order valence-corrected chi connectivity index (χ1v) is 9.32. The van der Waals surface area contributed by atoms with Crippen molar-refractivity contribution in [2.45, 2.75) is 45.0 Å². The number of amides is 1. The molecule has 1 aromatic heterocycles. The molecule has 9 heteroatoms. The normalized spacial score (nSPS) is 19.8. The van der Waals surface area contributed by atoms with Crippen LogP contribution in [-0.2, 0) is 30.5 Å². The van der Waals surface area contributed by atoms with Crippen molar-refractivity contribution in [1.82, 2.24) is 15.0 Å². The van der Waals surface area contributed by atoms with Gasteiger partial charge >= 0.3 is 0 Å². The number of carbonyl (C=O) groups is 1. The summed E-state index contributed by atoms with van der Waals surface area (Å²) in [7, 11) is -3.65. The van der Waals surface area contributed by atoms with Gasteiger partial charge in [0, 0.05) is 18.5 Å². The summed E-state index contributed by atoms with van der Waals surface area (Å²) in [6.45, 7) is 8.76. The molecule has 0 unspecified atom stereocenters. The van der Waals surface area contributed by atoms with Crippen molar-refractivity contribution in [3.8, 4) is 0 Å². The number of carbonyl (C=O) groups excluding carboxylic acids is 1. The first-order chi connectivity index (χ1) is 10.6. The molecule has 0 N–H and O–H groups in total. The maximum atomic E-state index is 12.2. The average Bonchev–Trinajstić information content (AvgIpc) is 2.85. The molecule has 0 saturated carbocycles. The van der Waals surface area contributed by atoms with Crippen molar-refractivity contribution in [3.05, 3.63) is 11.7 Å². The molecule has 0 radical (unpaired) electrons. The number of morpholine rings is 1. The van der Waals surface area contributed by atoms with Crippen LogP contribution >= 0.6 is 0 Å². The quantitative estimate of drug-likeness (QED) is 0.784. The standard InChI is InChI=1S/C14H23N3O5S/c1-10-7-17(5-6-21-10)12(18)9-23(19,20)8-11-15-13(22-16-11)14(2,3)4/h10H,5-9H2,1-4H3/t10-/m1/s1. The average molecular weight is 345 g/mol. The Hall–Kier alpha value is -1.48. The predicted octanol–water partition coefficient (Wildman–Crippen LogP) is 0.529. The van der Waals surface area contributed by atoms with Crippen LogP contribution in [0.5, 0.6) is 0 Å². The van der Waals surface area contributed by atoms with Crippen molar-refractivity contribution in [3.63, 3.8) is 0 Å². The lowest BCUT2D eigenvalue weighted by Crippen LogP contribution is -2.46. The predicted molar refractivity (Wildman–Crippen MR) is 82.5 cm³/mol. The van der Waals surface area contributed by atoms with Crippen molar-refractivity contribution >= 4 is 15.7 Å². The monoisotopic (exact) mass is 345 g/mol. The number of aromatic nitrogens is 2. The van der Waals surface area contributed by atoms with E-state index in [2.05, 4.69) is 10.1 Å². The molecule has 0 spiro atoms. The highest BCUT2D eigenvalue weighted by Crippen LogP contribution is 2.20. The molecular formula is C14H23N3O5S. The molecular weight excluding hydrogens is 322 g/mol. The summed E-state index contributed by atoms with van der Waals surface area (Å²) in [6.07, 6.45) is -0.0815. The fraction of sp³-hybridized carbons (Fsp3) is 0.786. The molecule has 23 heavy (non-hydrogen) atoms. The van der Waals surface area contributed by atoms with Gasteiger partial charge in [-0.25, -0.2) is 8.42 Å². The SMILES string of the molecule is C[C@@H]1CN(C(=O)CS(=O)(=O)Cc2noc(C(C)(C)C)n2)CCO1. The zero-order valence-corrected chi connectivity index (χ0v) is 14.7. The molecule has 1 fully saturated rings. The Kier molecular flexibility index (Phi) is 5.10. The molecule has 8 nitrogen and oxygen atoms in total. The van der Waals surface area contributed by atoms with Gasteiger partial charge in [0.1, 0.15) is 11.5 Å². The second kappa shape index (κ2) is 6.56. The number of hydrogen-bond donors (Lipinski definition) is 0. The summed E-state index contributed by atoms with van der Waals surface area (Å²) in [5.74, 6) is -0.925. The van der Waals surface area contributed by atoms with E-state index in [1.807, 2.05) is 27.7 Å². The van der Waals surface area contributed by atoms with E-state index in [9.17, 15) is 13.2 Å². The van der Waals surface area contributed by atoms with Crippen molar-refractivity contribution in [2.75, 3.05) is 25.4 Å². The van der Waals surface area contributed by atoms with Gasteiger partial charge in [-0.05, 0) is 6.92 Å². The Morgan fingerprint density at radius 3 is 2.65 bits per heavy atom. The zero-order valence-electron chi connectivity index (χ0n) is 13.9. The number of hydrogen-bond acceptors (Lipinski definition) is 7. The summed E-state index contributed by atoms with van der Waals surface area (Å²) in [6, 6.07) is 0. The Balaban J connectivity index is 1.99. The Bertz CT molecular complexity index is 662. The Labute approximate surface area is 136 Å². The van der Waals surface area contributed by atoms with Crippen LogP contribution in [0.4, 0.5) is 0 Å². The summed E-state index contributed by atoms with van der Waals surface area (Å²) >= 11 is 0. The van der Waals surface area contributed by atoms with E-state index in [1.165, 1.54) is 4.90 Å². The van der Waals surface area contributed by atoms with Crippen LogP contribution in [0.3, 0.4) is 0 Å². The van der Waals surface area contributed by atoms with Gasteiger partial charge in [0.15, 0.2) is 15.7 Å². The first-order valence-electron chi connectivity index (χ1n) is 7.50. The maximum Gasteiger partial charge on any atom is 0.237 e. The van der Waals surface area contributed by atoms with Gasteiger partial charge in [0.25, 0.3) is 0 Å². The van der Waals surface area contributed by atoms with Crippen molar-refractivity contribution in [1.29, 1.82) is 0 Å². The van der Waals surface area contributed by atoms with E-state index >= 15 is 0 Å². The van der Waals surface area contributed by atoms with Crippen LogP contribution in [0.2, 0.25) is 0 Å². The molecule has 1 aliphatic rings. The molecule has 0 aromatic carbocycles. The van der Waals surface area contributed by atoms with Crippen molar-refractivity contribution < 1.29 is 22.5 Å². The minimum atomic E-state index is -3.65. The van der Waals surface area contributed by atoms with Gasteiger partial charge in [-0.2, -0.15) is 4.98 Å². The maximum absolute atomic E-state index is 12.2. The molecule has 1 saturated heterocycles. The number of ether oxygens (including phenoxy) is 1. The molecule has 1 amide bonds. The fourth-order valence-electron chi connectivity index (χ4n) is 2.19. The second-order valence-corrected chi connectivity index (χ2v) is 8.88. The molecule has 0 bridgehead atoms. The van der Waals surface area contributed by atoms with Gasteiger partial charge in [0.2, 0.25) is 11.8 Å². The van der Waals surface area contributed by atoms with Crippen LogP contribution < -0.4 is 0 Å². The minimum Gasteiger partial charge on any atom is -0.375 e. The summed E-state index contributed by atoms with van der Waals surface area (Å²) < 4.78 is 34.8. The largest absolute Gasteiger partial charge is 0.375 e. The molecule has 1 aromatic rings. The van der Waals surface area contributed by atoms with Gasteiger partial charge < -0.3 is 14.2 Å². The van der Waals surface area contributed by atoms with Gasteiger partial charge in [-0.3, -0.25) is 4.79 Å².